The Balaban J connectivity index is 0.791. The highest BCUT2D eigenvalue weighted by Gasteiger charge is 2.48. The minimum Gasteiger partial charge on any atom is -0.388 e. The highest BCUT2D eigenvalue weighted by molar-refractivity contribution is 5.75. The van der Waals surface area contributed by atoms with E-state index in [-0.39, 0.29) is 42.7 Å². The molecule has 0 aliphatic heterocycles. The number of hydrogen-bond acceptors (Lipinski definition) is 18. The molecule has 344 valence electrons. The Hall–Kier alpha value is -7.81. The zero-order chi connectivity index (χ0) is 47.1. The predicted octanol–water partition coefficient (Wildman–Crippen LogP) is 5.03. The standard InChI is InChI=1S/C46H51N17O4/c1-27(2)45(4,32-9-11-34(49-20-32)28-15-51-42(47)52-16-28)40-58-39(67-59-40)36-23-62(26-55-36)25-44(3,65)13-14-61(6)37(64)24-63-22-30(19-56-63)38-57-41(60-66-38)46(5,31-7-8-31)33-10-12-35(50-21-33)29-17-53-43(48)54-18-29/h9-12,15-23,26-27,31,65H,7-8,13-14,24-25H2,1-6H3,(H2,47,51,52)(H2,48,53,54). The van der Waals surface area contributed by atoms with E-state index in [4.69, 9.17) is 30.5 Å². The number of carbonyl (C=O) groups is 1. The number of pyridine rings is 2. The van der Waals surface area contributed by atoms with Gasteiger partial charge in [-0.3, -0.25) is 19.4 Å². The molecule has 0 bridgehead atoms. The van der Waals surface area contributed by atoms with E-state index in [1.54, 1.807) is 79.3 Å². The first-order chi connectivity index (χ1) is 32.1. The summed E-state index contributed by atoms with van der Waals surface area (Å²) in [5, 5.41) is 24.6. The van der Waals surface area contributed by atoms with Crippen LogP contribution in [-0.2, 0) is 28.7 Å². The molecular formula is C46H51N17O4. The Bertz CT molecular complexity index is 2970. The first kappa shape index (κ1) is 44.4. The van der Waals surface area contributed by atoms with Gasteiger partial charge < -0.3 is 35.1 Å². The molecule has 0 aromatic carbocycles. The van der Waals surface area contributed by atoms with E-state index in [1.165, 1.54) is 4.68 Å². The Labute approximate surface area is 385 Å². The van der Waals surface area contributed by atoms with Crippen LogP contribution in [0, 0.1) is 11.8 Å². The number of nitrogens with two attached hydrogens (primary N) is 2. The first-order valence-corrected chi connectivity index (χ1v) is 21.9. The number of hydrogen-bond donors (Lipinski definition) is 3. The topological polar surface area (TPSA) is 283 Å². The largest absolute Gasteiger partial charge is 0.388 e. The molecule has 9 rings (SSSR count). The fourth-order valence-corrected chi connectivity index (χ4v) is 8.09. The number of imidazole rings is 1. The lowest BCUT2D eigenvalue weighted by atomic mass is 9.73. The van der Waals surface area contributed by atoms with Crippen molar-refractivity contribution in [3.8, 4) is 45.6 Å². The maximum Gasteiger partial charge on any atom is 0.278 e. The van der Waals surface area contributed by atoms with Crippen LogP contribution in [0.25, 0.3) is 45.6 Å². The maximum atomic E-state index is 13.3. The van der Waals surface area contributed by atoms with E-state index >= 15 is 0 Å². The Morgan fingerprint density at radius 3 is 1.96 bits per heavy atom. The Morgan fingerprint density at radius 1 is 0.761 bits per heavy atom. The van der Waals surface area contributed by atoms with Crippen molar-refractivity contribution in [2.24, 2.45) is 11.8 Å². The number of rotatable bonds is 17. The first-order valence-electron chi connectivity index (χ1n) is 21.9. The molecule has 21 heteroatoms. The second-order valence-electron chi connectivity index (χ2n) is 18.1. The van der Waals surface area contributed by atoms with Gasteiger partial charge in [0.25, 0.3) is 11.8 Å². The molecule has 8 aromatic heterocycles. The van der Waals surface area contributed by atoms with Gasteiger partial charge >= 0.3 is 0 Å². The fourth-order valence-electron chi connectivity index (χ4n) is 8.09. The summed E-state index contributed by atoms with van der Waals surface area (Å²) in [5.74, 6) is 2.20. The third kappa shape index (κ3) is 9.09. The van der Waals surface area contributed by atoms with Crippen molar-refractivity contribution < 1.29 is 18.9 Å². The van der Waals surface area contributed by atoms with Gasteiger partial charge in [-0.1, -0.05) is 36.3 Å². The third-order valence-corrected chi connectivity index (χ3v) is 13.0. The van der Waals surface area contributed by atoms with Gasteiger partial charge in [0.05, 0.1) is 52.5 Å². The molecule has 67 heavy (non-hydrogen) atoms. The highest BCUT2D eigenvalue weighted by atomic mass is 16.5. The van der Waals surface area contributed by atoms with Gasteiger partial charge in [-0.2, -0.15) is 15.1 Å². The molecule has 0 saturated heterocycles. The lowest BCUT2D eigenvalue weighted by Crippen LogP contribution is -2.38. The summed E-state index contributed by atoms with van der Waals surface area (Å²) in [6, 6.07) is 7.85. The lowest BCUT2D eigenvalue weighted by molar-refractivity contribution is -0.131. The van der Waals surface area contributed by atoms with E-state index in [9.17, 15) is 9.90 Å². The molecule has 1 saturated carbocycles. The molecule has 0 radical (unpaired) electrons. The molecule has 8 aromatic rings. The number of aliphatic hydroxyl groups is 1. The summed E-state index contributed by atoms with van der Waals surface area (Å²) in [7, 11) is 1.70. The normalized spacial score (nSPS) is 15.5. The van der Waals surface area contributed by atoms with Crippen LogP contribution in [0.2, 0.25) is 0 Å². The lowest BCUT2D eigenvalue weighted by Gasteiger charge is -2.30. The van der Waals surface area contributed by atoms with E-state index in [0.29, 0.717) is 53.4 Å². The number of nitrogens with zero attached hydrogens (tertiary/aromatic N) is 15. The van der Waals surface area contributed by atoms with Crippen LogP contribution in [0.4, 0.5) is 11.9 Å². The molecule has 5 N–H and O–H groups in total. The summed E-state index contributed by atoms with van der Waals surface area (Å²) in [6.07, 6.45) is 19.2. The van der Waals surface area contributed by atoms with Crippen LogP contribution in [0.1, 0.15) is 76.7 Å². The zero-order valence-corrected chi connectivity index (χ0v) is 38.0. The Morgan fingerprint density at radius 2 is 1.36 bits per heavy atom. The van der Waals surface area contributed by atoms with E-state index < -0.39 is 16.4 Å². The van der Waals surface area contributed by atoms with Gasteiger partial charge in [-0.25, -0.2) is 24.9 Å². The molecule has 1 aliphatic carbocycles. The number of nitrogen functional groups attached to an aromatic ring is 2. The SMILES string of the molecule is CC(C)C(C)(c1ccc(-c2cnc(N)nc2)nc1)c1noc(-c2cn(CC(C)(O)CCN(C)C(=O)Cn3cc(-c4nc(C(C)(c5ccc(-c6cnc(N)nc6)nc5)C5CC5)no4)cn3)cn2)n1. The van der Waals surface area contributed by atoms with Crippen LogP contribution in [0.15, 0.2) is 95.4 Å². The predicted molar refractivity (Wildman–Crippen MR) is 244 cm³/mol. The maximum absolute atomic E-state index is 13.3. The number of aromatic nitrogens is 14. The minimum atomic E-state index is -1.19. The van der Waals surface area contributed by atoms with Gasteiger partial charge in [-0.05, 0) is 75.1 Å². The number of carbonyl (C=O) groups excluding carboxylic acids is 1. The summed E-state index contributed by atoms with van der Waals surface area (Å²) in [5.41, 5.74) is 14.8. The monoisotopic (exact) mass is 905 g/mol. The zero-order valence-electron chi connectivity index (χ0n) is 38.0. The average molecular weight is 906 g/mol. The van der Waals surface area contributed by atoms with Gasteiger partial charge in [0.1, 0.15) is 12.2 Å². The molecule has 3 unspecified atom stereocenters. The summed E-state index contributed by atoms with van der Waals surface area (Å²) in [4.78, 5) is 54.7. The van der Waals surface area contributed by atoms with Crippen molar-refractivity contribution in [1.29, 1.82) is 0 Å². The van der Waals surface area contributed by atoms with Crippen LogP contribution >= 0.6 is 0 Å². The van der Waals surface area contributed by atoms with Crippen LogP contribution in [0.3, 0.4) is 0 Å². The van der Waals surface area contributed by atoms with Gasteiger partial charge in [0.15, 0.2) is 11.6 Å². The summed E-state index contributed by atoms with van der Waals surface area (Å²) in [6.45, 7) is 10.5. The van der Waals surface area contributed by atoms with Gasteiger partial charge in [-0.15, -0.1) is 0 Å². The van der Waals surface area contributed by atoms with E-state index in [2.05, 4.69) is 78.0 Å². The van der Waals surface area contributed by atoms with Crippen molar-refractivity contribution in [2.75, 3.05) is 25.1 Å². The van der Waals surface area contributed by atoms with Crippen molar-refractivity contribution >= 4 is 17.8 Å². The van der Waals surface area contributed by atoms with Crippen LogP contribution in [-0.4, -0.2) is 105 Å². The average Bonchev–Trinajstić information content (AvgIpc) is 3.72. The van der Waals surface area contributed by atoms with Crippen molar-refractivity contribution in [2.45, 2.75) is 83.4 Å². The summed E-state index contributed by atoms with van der Waals surface area (Å²) < 4.78 is 14.8. The molecule has 1 amide bonds. The van der Waals surface area contributed by atoms with Crippen LogP contribution < -0.4 is 11.5 Å². The molecule has 0 spiro atoms. The fraction of sp³-hybridized carbons (Fsp3) is 0.370. The van der Waals surface area contributed by atoms with Crippen LogP contribution in [0.5, 0.6) is 0 Å². The minimum absolute atomic E-state index is 0.0235. The molecule has 21 nitrogen and oxygen atoms in total. The van der Waals surface area contributed by atoms with E-state index in [1.807, 2.05) is 30.5 Å². The van der Waals surface area contributed by atoms with Crippen molar-refractivity contribution in [1.82, 2.24) is 74.4 Å². The second-order valence-corrected chi connectivity index (χ2v) is 18.1. The van der Waals surface area contributed by atoms with Crippen molar-refractivity contribution in [3.63, 3.8) is 0 Å². The highest BCUT2D eigenvalue weighted by Crippen LogP contribution is 2.50. The number of amides is 1. The quantitative estimate of drug-likeness (QED) is 0.108. The van der Waals surface area contributed by atoms with Crippen molar-refractivity contribution in [3.05, 3.63) is 109 Å². The van der Waals surface area contributed by atoms with Gasteiger partial charge in [0.2, 0.25) is 17.8 Å². The van der Waals surface area contributed by atoms with Gasteiger partial charge in [0, 0.05) is 74.3 Å². The smallest absolute Gasteiger partial charge is 0.278 e. The number of anilines is 2. The molecule has 8 heterocycles. The van der Waals surface area contributed by atoms with E-state index in [0.717, 1.165) is 40.8 Å². The molecule has 1 aliphatic rings. The molecule has 1 fully saturated rings. The summed E-state index contributed by atoms with van der Waals surface area (Å²) >= 11 is 0. The third-order valence-electron chi connectivity index (χ3n) is 13.0. The molecular weight excluding hydrogens is 855 g/mol. The Kier molecular flexibility index (Phi) is 11.6. The number of likely N-dealkylation sites (N-methyl/N-ethyl adjacent to an activating group) is 1. The second kappa shape index (κ2) is 17.5. The molecule has 3 atom stereocenters.